The van der Waals surface area contributed by atoms with Crippen molar-refractivity contribution in [1.82, 2.24) is 5.32 Å². The molecule has 0 aliphatic rings. The van der Waals surface area contributed by atoms with Crippen LogP contribution in [0.15, 0.2) is 18.2 Å². The maximum atomic E-state index is 14.1. The molecule has 0 saturated heterocycles. The molecule has 1 unspecified atom stereocenters. The summed E-state index contributed by atoms with van der Waals surface area (Å²) in [6.07, 6.45) is 3.16. The number of sulfone groups is 1. The Kier molecular flexibility index (Phi) is 7.11. The summed E-state index contributed by atoms with van der Waals surface area (Å²) in [6.45, 7) is 2.76. The first kappa shape index (κ1) is 17.9. The molecule has 4 nitrogen and oxygen atoms in total. The maximum absolute atomic E-state index is 14.1. The maximum Gasteiger partial charge on any atom is 0.147 e. The molecule has 21 heavy (non-hydrogen) atoms. The van der Waals surface area contributed by atoms with E-state index in [1.165, 1.54) is 19.4 Å². The average Bonchev–Trinajstić information content (AvgIpc) is 2.41. The van der Waals surface area contributed by atoms with Crippen LogP contribution in [0.5, 0.6) is 5.75 Å². The van der Waals surface area contributed by atoms with Gasteiger partial charge in [-0.05, 0) is 37.9 Å². The topological polar surface area (TPSA) is 55.4 Å². The number of ether oxygens (including phenoxy) is 1. The van der Waals surface area contributed by atoms with Crippen molar-refractivity contribution in [1.29, 1.82) is 0 Å². The summed E-state index contributed by atoms with van der Waals surface area (Å²) >= 11 is 0. The number of methoxy groups -OCH3 is 1. The third-order valence-electron chi connectivity index (χ3n) is 3.23. The van der Waals surface area contributed by atoms with Crippen LogP contribution < -0.4 is 10.1 Å². The van der Waals surface area contributed by atoms with E-state index < -0.39 is 9.84 Å². The Morgan fingerprint density at radius 2 is 2.10 bits per heavy atom. The van der Waals surface area contributed by atoms with Crippen molar-refractivity contribution in [2.24, 2.45) is 0 Å². The van der Waals surface area contributed by atoms with Gasteiger partial charge in [0.1, 0.15) is 21.4 Å². The molecule has 0 aliphatic carbocycles. The lowest BCUT2D eigenvalue weighted by molar-refractivity contribution is 0.384. The summed E-state index contributed by atoms with van der Waals surface area (Å²) in [7, 11) is -1.50. The first-order valence-corrected chi connectivity index (χ1v) is 9.18. The monoisotopic (exact) mass is 317 g/mol. The van der Waals surface area contributed by atoms with E-state index in [-0.39, 0.29) is 17.6 Å². The van der Waals surface area contributed by atoms with Crippen molar-refractivity contribution in [3.05, 3.63) is 29.6 Å². The molecule has 0 saturated carbocycles. The van der Waals surface area contributed by atoms with Gasteiger partial charge in [0.2, 0.25) is 0 Å². The van der Waals surface area contributed by atoms with E-state index in [0.717, 1.165) is 13.0 Å². The summed E-state index contributed by atoms with van der Waals surface area (Å²) < 4.78 is 41.8. The van der Waals surface area contributed by atoms with Crippen molar-refractivity contribution >= 4 is 9.84 Å². The normalized spacial score (nSPS) is 13.1. The molecule has 1 aromatic carbocycles. The quantitative estimate of drug-likeness (QED) is 0.761. The molecule has 120 valence electrons. The summed E-state index contributed by atoms with van der Waals surface area (Å²) in [5.74, 6) is 0.263. The van der Waals surface area contributed by atoms with Crippen molar-refractivity contribution in [3.63, 3.8) is 0 Å². The van der Waals surface area contributed by atoms with Gasteiger partial charge in [-0.1, -0.05) is 13.0 Å². The molecule has 0 heterocycles. The Morgan fingerprint density at radius 1 is 1.38 bits per heavy atom. The van der Waals surface area contributed by atoms with Crippen LogP contribution in [0.1, 0.15) is 37.8 Å². The second kappa shape index (κ2) is 8.34. The summed E-state index contributed by atoms with van der Waals surface area (Å²) in [6, 6.07) is 4.47. The van der Waals surface area contributed by atoms with Gasteiger partial charge in [-0.15, -0.1) is 0 Å². The van der Waals surface area contributed by atoms with Gasteiger partial charge in [-0.25, -0.2) is 12.8 Å². The number of benzene rings is 1. The minimum absolute atomic E-state index is 0.105. The molecule has 0 aromatic heterocycles. The van der Waals surface area contributed by atoms with Gasteiger partial charge < -0.3 is 10.1 Å². The van der Waals surface area contributed by atoms with Gasteiger partial charge in [0.25, 0.3) is 0 Å². The standard InChI is InChI=1S/C15H24FNO3S/c1-4-10-17-13(8-6-11-21(3,18)19)15-12(16)7-5-9-14(15)20-2/h5,7,9,13,17H,4,6,8,10-11H2,1-3H3. The first-order valence-electron chi connectivity index (χ1n) is 7.12. The van der Waals surface area contributed by atoms with Crippen molar-refractivity contribution in [2.75, 3.05) is 25.7 Å². The van der Waals surface area contributed by atoms with Crippen molar-refractivity contribution in [2.45, 2.75) is 32.2 Å². The van der Waals surface area contributed by atoms with E-state index in [2.05, 4.69) is 5.32 Å². The van der Waals surface area contributed by atoms with Gasteiger partial charge in [0.05, 0.1) is 7.11 Å². The molecule has 0 bridgehead atoms. The summed E-state index contributed by atoms with van der Waals surface area (Å²) in [5, 5.41) is 3.27. The van der Waals surface area contributed by atoms with Gasteiger partial charge in [-0.3, -0.25) is 0 Å². The third-order valence-corrected chi connectivity index (χ3v) is 4.26. The Hall–Kier alpha value is -1.14. The predicted molar refractivity (Wildman–Crippen MR) is 82.9 cm³/mol. The molecule has 1 N–H and O–H groups in total. The Labute approximate surface area is 126 Å². The summed E-state index contributed by atoms with van der Waals surface area (Å²) in [4.78, 5) is 0. The fourth-order valence-corrected chi connectivity index (χ4v) is 2.94. The number of hydrogen-bond acceptors (Lipinski definition) is 4. The third kappa shape index (κ3) is 6.01. The lowest BCUT2D eigenvalue weighted by Crippen LogP contribution is -2.24. The van der Waals surface area contributed by atoms with Gasteiger partial charge in [-0.2, -0.15) is 0 Å². The van der Waals surface area contributed by atoms with E-state index in [4.69, 9.17) is 4.74 Å². The zero-order chi connectivity index (χ0) is 15.9. The molecule has 0 spiro atoms. The van der Waals surface area contributed by atoms with Crippen molar-refractivity contribution < 1.29 is 17.5 Å². The molecule has 0 aliphatic heterocycles. The van der Waals surface area contributed by atoms with E-state index in [0.29, 0.717) is 24.2 Å². The van der Waals surface area contributed by atoms with Gasteiger partial charge in [0.15, 0.2) is 0 Å². The second-order valence-electron chi connectivity index (χ2n) is 5.13. The predicted octanol–water partition coefficient (Wildman–Crippen LogP) is 2.70. The van der Waals surface area contributed by atoms with Crippen LogP contribution in [0.4, 0.5) is 4.39 Å². The minimum Gasteiger partial charge on any atom is -0.496 e. The molecule has 1 rings (SSSR count). The highest BCUT2D eigenvalue weighted by Crippen LogP contribution is 2.30. The van der Waals surface area contributed by atoms with Crippen LogP contribution in [-0.2, 0) is 9.84 Å². The average molecular weight is 317 g/mol. The van der Waals surface area contributed by atoms with E-state index in [1.807, 2.05) is 6.92 Å². The zero-order valence-corrected chi connectivity index (χ0v) is 13.7. The van der Waals surface area contributed by atoms with Gasteiger partial charge in [0, 0.05) is 23.6 Å². The number of hydrogen-bond donors (Lipinski definition) is 1. The Bertz CT molecular complexity index is 546. The number of halogens is 1. The zero-order valence-electron chi connectivity index (χ0n) is 12.9. The SMILES string of the molecule is CCCNC(CCCS(C)(=O)=O)c1c(F)cccc1OC. The van der Waals surface area contributed by atoms with E-state index in [9.17, 15) is 12.8 Å². The van der Waals surface area contributed by atoms with Crippen LogP contribution in [0, 0.1) is 5.82 Å². The first-order chi connectivity index (χ1) is 9.89. The number of nitrogens with one attached hydrogen (secondary N) is 1. The lowest BCUT2D eigenvalue weighted by atomic mass is 10.0. The smallest absolute Gasteiger partial charge is 0.147 e. The molecule has 1 aromatic rings. The fourth-order valence-electron chi connectivity index (χ4n) is 2.25. The minimum atomic E-state index is -3.00. The Balaban J connectivity index is 2.91. The van der Waals surface area contributed by atoms with Crippen LogP contribution in [0.25, 0.3) is 0 Å². The Morgan fingerprint density at radius 3 is 2.67 bits per heavy atom. The largest absolute Gasteiger partial charge is 0.496 e. The highest BCUT2D eigenvalue weighted by atomic mass is 32.2. The molecular formula is C15H24FNO3S. The number of rotatable bonds is 9. The molecule has 1 atom stereocenters. The van der Waals surface area contributed by atoms with E-state index in [1.54, 1.807) is 12.1 Å². The van der Waals surface area contributed by atoms with Crippen LogP contribution in [0.2, 0.25) is 0 Å². The second-order valence-corrected chi connectivity index (χ2v) is 7.39. The highest BCUT2D eigenvalue weighted by molar-refractivity contribution is 7.90. The molecule has 0 fully saturated rings. The molecule has 0 amide bonds. The fraction of sp³-hybridized carbons (Fsp3) is 0.600. The lowest BCUT2D eigenvalue weighted by Gasteiger charge is -2.21. The summed E-state index contributed by atoms with van der Waals surface area (Å²) in [5.41, 5.74) is 0.474. The van der Waals surface area contributed by atoms with Crippen molar-refractivity contribution in [3.8, 4) is 5.75 Å². The van der Waals surface area contributed by atoms with Crippen LogP contribution >= 0.6 is 0 Å². The molecule has 6 heteroatoms. The van der Waals surface area contributed by atoms with Crippen LogP contribution in [-0.4, -0.2) is 34.1 Å². The van der Waals surface area contributed by atoms with Crippen LogP contribution in [0.3, 0.4) is 0 Å². The highest BCUT2D eigenvalue weighted by Gasteiger charge is 2.20. The molecular weight excluding hydrogens is 293 g/mol. The van der Waals surface area contributed by atoms with E-state index >= 15 is 0 Å². The van der Waals surface area contributed by atoms with Gasteiger partial charge >= 0.3 is 0 Å². The molecule has 0 radical (unpaired) electrons.